The van der Waals surface area contributed by atoms with Crippen molar-refractivity contribution in [2.45, 2.75) is 57.9 Å². The van der Waals surface area contributed by atoms with Gasteiger partial charge in [0.1, 0.15) is 0 Å². The number of benzene rings is 2. The van der Waals surface area contributed by atoms with Gasteiger partial charge in [0.2, 0.25) is 5.91 Å². The lowest BCUT2D eigenvalue weighted by molar-refractivity contribution is -0.128. The second-order valence-electron chi connectivity index (χ2n) is 7.18. The van der Waals surface area contributed by atoms with Crippen molar-refractivity contribution in [3.05, 3.63) is 70.8 Å². The van der Waals surface area contributed by atoms with Crippen LogP contribution >= 0.6 is 0 Å². The van der Waals surface area contributed by atoms with Crippen molar-refractivity contribution in [2.75, 3.05) is 0 Å². The summed E-state index contributed by atoms with van der Waals surface area (Å²) in [5.41, 5.74) is 4.46. The second-order valence-corrected chi connectivity index (χ2v) is 7.18. The highest BCUT2D eigenvalue weighted by Gasteiger charge is 2.40. The van der Waals surface area contributed by atoms with Crippen molar-refractivity contribution in [2.24, 2.45) is 0 Å². The van der Waals surface area contributed by atoms with Crippen LogP contribution in [0.25, 0.3) is 0 Å². The smallest absolute Gasteiger partial charge is 0.230 e. The third-order valence-electron chi connectivity index (χ3n) is 5.28. The Morgan fingerprint density at radius 2 is 1.67 bits per heavy atom. The molecule has 0 saturated heterocycles. The summed E-state index contributed by atoms with van der Waals surface area (Å²) < 4.78 is 0. The Hall–Kier alpha value is -2.09. The van der Waals surface area contributed by atoms with Crippen molar-refractivity contribution in [1.29, 1.82) is 0 Å². The number of rotatable bonds is 4. The van der Waals surface area contributed by atoms with Gasteiger partial charge in [-0.15, -0.1) is 0 Å². The molecule has 126 valence electrons. The van der Waals surface area contributed by atoms with Crippen LogP contribution in [0.15, 0.2) is 48.5 Å². The minimum atomic E-state index is -0.351. The molecular formula is C22H27NO. The van der Waals surface area contributed by atoms with Gasteiger partial charge in [0.05, 0.1) is 5.41 Å². The monoisotopic (exact) mass is 321 g/mol. The van der Waals surface area contributed by atoms with Gasteiger partial charge in [0.15, 0.2) is 0 Å². The first-order chi connectivity index (χ1) is 11.6. The predicted octanol–water partition coefficient (Wildman–Crippen LogP) is 4.82. The Bertz CT molecular complexity index is 696. The lowest BCUT2D eigenvalue weighted by Crippen LogP contribution is -2.45. The average molecular weight is 321 g/mol. The Labute approximate surface area is 145 Å². The van der Waals surface area contributed by atoms with Gasteiger partial charge in [-0.1, -0.05) is 78.9 Å². The van der Waals surface area contributed by atoms with E-state index in [1.165, 1.54) is 28.7 Å². The molecule has 0 aromatic heterocycles. The lowest BCUT2D eigenvalue weighted by Gasteiger charge is -2.36. The maximum atomic E-state index is 13.2. The highest BCUT2D eigenvalue weighted by atomic mass is 16.2. The standard InChI is InChI=1S/C22H27NO/c1-17-9-11-20(12-10-17)22(13-4-3-5-14-22)21(24)23-16-19-8-6-7-18(2)15-19/h6-12,15H,3-5,13-14,16H2,1-2H3,(H,23,24). The molecule has 0 unspecified atom stereocenters. The van der Waals surface area contributed by atoms with E-state index in [9.17, 15) is 4.79 Å². The summed E-state index contributed by atoms with van der Waals surface area (Å²) in [5.74, 6) is 0.188. The summed E-state index contributed by atoms with van der Waals surface area (Å²) in [6.07, 6.45) is 5.40. The van der Waals surface area contributed by atoms with E-state index in [1.807, 2.05) is 6.07 Å². The lowest BCUT2D eigenvalue weighted by atomic mass is 9.68. The van der Waals surface area contributed by atoms with Crippen molar-refractivity contribution in [3.63, 3.8) is 0 Å². The number of carbonyl (C=O) groups excluding carboxylic acids is 1. The zero-order valence-electron chi connectivity index (χ0n) is 14.8. The molecule has 2 nitrogen and oxygen atoms in total. The van der Waals surface area contributed by atoms with Gasteiger partial charge in [-0.05, 0) is 37.8 Å². The normalized spacial score (nSPS) is 16.6. The van der Waals surface area contributed by atoms with Gasteiger partial charge >= 0.3 is 0 Å². The second kappa shape index (κ2) is 7.21. The molecule has 24 heavy (non-hydrogen) atoms. The number of aryl methyl sites for hydroxylation is 2. The largest absolute Gasteiger partial charge is 0.351 e. The number of nitrogens with one attached hydrogen (secondary N) is 1. The van der Waals surface area contributed by atoms with Crippen LogP contribution in [0, 0.1) is 13.8 Å². The van der Waals surface area contributed by atoms with E-state index < -0.39 is 0 Å². The Morgan fingerprint density at radius 3 is 2.33 bits per heavy atom. The maximum absolute atomic E-state index is 13.2. The fraction of sp³-hybridized carbons (Fsp3) is 0.409. The van der Waals surface area contributed by atoms with Gasteiger partial charge < -0.3 is 5.32 Å². The summed E-state index contributed by atoms with van der Waals surface area (Å²) in [6.45, 7) is 4.78. The van der Waals surface area contributed by atoms with Crippen LogP contribution in [-0.2, 0) is 16.8 Å². The van der Waals surface area contributed by atoms with Gasteiger partial charge in [-0.2, -0.15) is 0 Å². The van der Waals surface area contributed by atoms with Crippen LogP contribution < -0.4 is 5.32 Å². The number of amides is 1. The quantitative estimate of drug-likeness (QED) is 0.859. The third kappa shape index (κ3) is 3.53. The number of hydrogen-bond donors (Lipinski definition) is 1. The van der Waals surface area contributed by atoms with Crippen LogP contribution in [0.1, 0.15) is 54.4 Å². The average Bonchev–Trinajstić information content (AvgIpc) is 2.61. The van der Waals surface area contributed by atoms with Crippen LogP contribution in [0.2, 0.25) is 0 Å². The summed E-state index contributed by atoms with van der Waals surface area (Å²) in [7, 11) is 0. The first-order valence-corrected chi connectivity index (χ1v) is 9.01. The molecule has 0 spiro atoms. The molecule has 0 atom stereocenters. The van der Waals surface area contributed by atoms with E-state index in [1.54, 1.807) is 0 Å². The molecule has 0 bridgehead atoms. The summed E-state index contributed by atoms with van der Waals surface area (Å²) in [5, 5.41) is 3.21. The van der Waals surface area contributed by atoms with E-state index in [0.29, 0.717) is 6.54 Å². The van der Waals surface area contributed by atoms with Crippen LogP contribution in [0.5, 0.6) is 0 Å². The van der Waals surface area contributed by atoms with E-state index in [4.69, 9.17) is 0 Å². The van der Waals surface area contributed by atoms with Crippen LogP contribution in [0.3, 0.4) is 0 Å². The molecule has 3 rings (SSSR count). The summed E-state index contributed by atoms with van der Waals surface area (Å²) in [6, 6.07) is 16.9. The molecule has 2 heteroatoms. The summed E-state index contributed by atoms with van der Waals surface area (Å²) >= 11 is 0. The highest BCUT2D eigenvalue weighted by Crippen LogP contribution is 2.39. The van der Waals surface area contributed by atoms with Crippen LogP contribution in [-0.4, -0.2) is 5.91 Å². The third-order valence-corrected chi connectivity index (χ3v) is 5.28. The molecule has 1 fully saturated rings. The topological polar surface area (TPSA) is 29.1 Å². The molecular weight excluding hydrogens is 294 g/mol. The van der Waals surface area contributed by atoms with E-state index in [-0.39, 0.29) is 11.3 Å². The molecule has 0 radical (unpaired) electrons. The Morgan fingerprint density at radius 1 is 0.958 bits per heavy atom. The van der Waals surface area contributed by atoms with E-state index in [0.717, 1.165) is 25.7 Å². The van der Waals surface area contributed by atoms with Crippen molar-refractivity contribution >= 4 is 5.91 Å². The van der Waals surface area contributed by atoms with Crippen molar-refractivity contribution < 1.29 is 4.79 Å². The minimum Gasteiger partial charge on any atom is -0.351 e. The molecule has 2 aromatic carbocycles. The fourth-order valence-electron chi connectivity index (χ4n) is 3.85. The van der Waals surface area contributed by atoms with E-state index >= 15 is 0 Å². The molecule has 1 saturated carbocycles. The zero-order chi connectivity index (χ0) is 17.0. The maximum Gasteiger partial charge on any atom is 0.230 e. The first-order valence-electron chi connectivity index (χ1n) is 9.01. The first kappa shape index (κ1) is 16.8. The number of carbonyl (C=O) groups is 1. The van der Waals surface area contributed by atoms with Gasteiger partial charge in [0.25, 0.3) is 0 Å². The van der Waals surface area contributed by atoms with Crippen molar-refractivity contribution in [1.82, 2.24) is 5.32 Å². The van der Waals surface area contributed by atoms with Gasteiger partial charge in [-0.3, -0.25) is 4.79 Å². The molecule has 1 aliphatic rings. The highest BCUT2D eigenvalue weighted by molar-refractivity contribution is 5.88. The van der Waals surface area contributed by atoms with Gasteiger partial charge in [-0.25, -0.2) is 0 Å². The predicted molar refractivity (Wildman–Crippen MR) is 99.0 cm³/mol. The summed E-state index contributed by atoms with van der Waals surface area (Å²) in [4.78, 5) is 13.2. The molecule has 2 aromatic rings. The Kier molecular flexibility index (Phi) is 5.03. The van der Waals surface area contributed by atoms with Crippen LogP contribution in [0.4, 0.5) is 0 Å². The molecule has 0 aliphatic heterocycles. The molecule has 1 aliphatic carbocycles. The SMILES string of the molecule is Cc1ccc(C2(C(=O)NCc3cccc(C)c3)CCCCC2)cc1. The number of hydrogen-bond acceptors (Lipinski definition) is 1. The molecule has 0 heterocycles. The van der Waals surface area contributed by atoms with Gasteiger partial charge in [0, 0.05) is 6.54 Å². The van der Waals surface area contributed by atoms with Crippen molar-refractivity contribution in [3.8, 4) is 0 Å². The van der Waals surface area contributed by atoms with E-state index in [2.05, 4.69) is 61.6 Å². The Balaban J connectivity index is 1.80. The fourth-order valence-corrected chi connectivity index (χ4v) is 3.85. The molecule has 1 N–H and O–H groups in total. The minimum absolute atomic E-state index is 0.188. The zero-order valence-corrected chi connectivity index (χ0v) is 14.8. The molecule has 1 amide bonds.